The lowest BCUT2D eigenvalue weighted by atomic mass is 10.1. The van der Waals surface area contributed by atoms with E-state index in [2.05, 4.69) is 10.4 Å². The number of hydrogen-bond donors (Lipinski definition) is 1. The Bertz CT molecular complexity index is 1350. The summed E-state index contributed by atoms with van der Waals surface area (Å²) in [6, 6.07) is 20.6. The first-order chi connectivity index (χ1) is 16.3. The highest BCUT2D eigenvalue weighted by atomic mass is 35.5. The zero-order valence-corrected chi connectivity index (χ0v) is 20.7. The zero-order chi connectivity index (χ0) is 24.2. The largest absolute Gasteiger partial charge is 0.489 e. The summed E-state index contributed by atoms with van der Waals surface area (Å²) in [5.41, 5.74) is 5.68. The van der Waals surface area contributed by atoms with Gasteiger partial charge in [-0.3, -0.25) is 9.48 Å². The van der Waals surface area contributed by atoms with E-state index >= 15 is 0 Å². The molecule has 1 heterocycles. The van der Waals surface area contributed by atoms with Crippen LogP contribution >= 0.6 is 23.2 Å². The summed E-state index contributed by atoms with van der Waals surface area (Å²) in [7, 11) is 0. The number of benzene rings is 3. The van der Waals surface area contributed by atoms with E-state index in [0.717, 1.165) is 33.8 Å². The fourth-order valence-electron chi connectivity index (χ4n) is 3.74. The Kier molecular flexibility index (Phi) is 7.25. The van der Waals surface area contributed by atoms with Crippen molar-refractivity contribution < 1.29 is 9.53 Å². The Morgan fingerprint density at radius 1 is 1.00 bits per heavy atom. The van der Waals surface area contributed by atoms with Crippen molar-refractivity contribution in [3.05, 3.63) is 110 Å². The number of carbonyl (C=O) groups excluding carboxylic acids is 1. The predicted octanol–water partition coefficient (Wildman–Crippen LogP) is 6.99. The van der Waals surface area contributed by atoms with Crippen molar-refractivity contribution in [2.24, 2.45) is 0 Å². The molecule has 0 atom stereocenters. The first-order valence-corrected chi connectivity index (χ1v) is 11.6. The van der Waals surface area contributed by atoms with E-state index in [4.69, 9.17) is 27.9 Å². The van der Waals surface area contributed by atoms with Gasteiger partial charge in [0.15, 0.2) is 0 Å². The van der Waals surface area contributed by atoms with Gasteiger partial charge in [0.1, 0.15) is 12.4 Å². The number of rotatable bonds is 7. The first kappa shape index (κ1) is 23.9. The lowest BCUT2D eigenvalue weighted by Crippen LogP contribution is -2.14. The molecule has 0 fully saturated rings. The highest BCUT2D eigenvalue weighted by molar-refractivity contribution is 6.31. The number of ether oxygens (including phenoxy) is 1. The van der Waals surface area contributed by atoms with E-state index in [1.54, 1.807) is 12.1 Å². The van der Waals surface area contributed by atoms with Crippen LogP contribution in [0.5, 0.6) is 5.75 Å². The molecule has 0 aliphatic carbocycles. The molecule has 34 heavy (non-hydrogen) atoms. The molecule has 0 bridgehead atoms. The third kappa shape index (κ3) is 5.44. The van der Waals surface area contributed by atoms with Crippen molar-refractivity contribution in [3.63, 3.8) is 0 Å². The Morgan fingerprint density at radius 2 is 1.79 bits per heavy atom. The molecule has 0 spiro atoms. The molecular weight excluding hydrogens is 469 g/mol. The van der Waals surface area contributed by atoms with E-state index < -0.39 is 0 Å². The van der Waals surface area contributed by atoms with Crippen LogP contribution in [0.1, 0.15) is 38.4 Å². The molecule has 0 aliphatic rings. The SMILES string of the molecule is Cc1cc(Cl)ccc1OCc1cccc(C(=O)Nc2c(C)nn(Cc3ccccc3Cl)c2C)c1. The number of nitrogens with one attached hydrogen (secondary N) is 1. The lowest BCUT2D eigenvalue weighted by molar-refractivity contribution is 0.102. The number of aromatic nitrogens is 2. The average Bonchev–Trinajstić information content (AvgIpc) is 3.07. The molecule has 0 unspecified atom stereocenters. The number of aryl methyl sites for hydroxylation is 2. The maximum absolute atomic E-state index is 13.0. The van der Waals surface area contributed by atoms with Crippen molar-refractivity contribution in [2.45, 2.75) is 33.9 Å². The molecule has 4 aromatic rings. The maximum atomic E-state index is 13.0. The van der Waals surface area contributed by atoms with E-state index in [9.17, 15) is 4.79 Å². The minimum absolute atomic E-state index is 0.201. The highest BCUT2D eigenvalue weighted by Crippen LogP contribution is 2.25. The van der Waals surface area contributed by atoms with Gasteiger partial charge in [0.25, 0.3) is 5.91 Å². The third-order valence-electron chi connectivity index (χ3n) is 5.62. The van der Waals surface area contributed by atoms with Gasteiger partial charge in [-0.1, -0.05) is 53.5 Å². The normalized spacial score (nSPS) is 10.9. The first-order valence-electron chi connectivity index (χ1n) is 10.9. The van der Waals surface area contributed by atoms with Crippen molar-refractivity contribution >= 4 is 34.8 Å². The van der Waals surface area contributed by atoms with Gasteiger partial charge in [0, 0.05) is 15.6 Å². The molecule has 0 saturated heterocycles. The number of amides is 1. The second-order valence-electron chi connectivity index (χ2n) is 8.15. The van der Waals surface area contributed by atoms with Gasteiger partial charge in [-0.25, -0.2) is 0 Å². The second kappa shape index (κ2) is 10.3. The molecule has 0 aliphatic heterocycles. The van der Waals surface area contributed by atoms with Crippen LogP contribution in [0.3, 0.4) is 0 Å². The summed E-state index contributed by atoms with van der Waals surface area (Å²) in [6.07, 6.45) is 0. The maximum Gasteiger partial charge on any atom is 0.255 e. The Labute approximate surface area is 209 Å². The molecule has 1 N–H and O–H groups in total. The third-order valence-corrected chi connectivity index (χ3v) is 6.22. The molecule has 4 rings (SSSR count). The van der Waals surface area contributed by atoms with E-state index in [1.807, 2.05) is 80.1 Å². The molecule has 1 amide bonds. The summed E-state index contributed by atoms with van der Waals surface area (Å²) >= 11 is 12.3. The molecule has 174 valence electrons. The Balaban J connectivity index is 1.47. The topological polar surface area (TPSA) is 56.1 Å². The Hall–Kier alpha value is -3.28. The van der Waals surface area contributed by atoms with Crippen LogP contribution < -0.4 is 10.1 Å². The molecule has 7 heteroatoms. The van der Waals surface area contributed by atoms with Gasteiger partial charge in [-0.2, -0.15) is 5.10 Å². The molecule has 1 aromatic heterocycles. The van der Waals surface area contributed by atoms with Crippen LogP contribution in [0.15, 0.2) is 66.7 Å². The smallest absolute Gasteiger partial charge is 0.255 e. The predicted molar refractivity (Wildman–Crippen MR) is 137 cm³/mol. The van der Waals surface area contributed by atoms with Gasteiger partial charge in [0.2, 0.25) is 0 Å². The average molecular weight is 494 g/mol. The molecule has 0 radical (unpaired) electrons. The summed E-state index contributed by atoms with van der Waals surface area (Å²) in [5, 5.41) is 8.98. The quantitative estimate of drug-likeness (QED) is 0.301. The van der Waals surface area contributed by atoms with Gasteiger partial charge in [-0.05, 0) is 73.9 Å². The van der Waals surface area contributed by atoms with Crippen LogP contribution in [0.25, 0.3) is 0 Å². The molecule has 3 aromatic carbocycles. The van der Waals surface area contributed by atoms with Crippen molar-refractivity contribution in [1.29, 1.82) is 0 Å². The summed E-state index contributed by atoms with van der Waals surface area (Å²) in [6.45, 7) is 6.63. The van der Waals surface area contributed by atoms with Crippen LogP contribution in [-0.2, 0) is 13.2 Å². The van der Waals surface area contributed by atoms with Crippen molar-refractivity contribution in [3.8, 4) is 5.75 Å². The van der Waals surface area contributed by atoms with Crippen molar-refractivity contribution in [1.82, 2.24) is 9.78 Å². The number of hydrogen-bond acceptors (Lipinski definition) is 3. The second-order valence-corrected chi connectivity index (χ2v) is 8.99. The van der Waals surface area contributed by atoms with E-state index in [-0.39, 0.29) is 5.91 Å². The van der Waals surface area contributed by atoms with Crippen LogP contribution in [0.2, 0.25) is 10.0 Å². The van der Waals surface area contributed by atoms with Crippen LogP contribution in [-0.4, -0.2) is 15.7 Å². The number of halogens is 2. The van der Waals surface area contributed by atoms with E-state index in [1.165, 1.54) is 0 Å². The standard InChI is InChI=1S/C27H25Cl2N3O2/c1-17-13-23(28)11-12-25(17)34-16-20-7-6-9-21(14-20)27(33)30-26-18(2)31-32(19(26)3)15-22-8-4-5-10-24(22)29/h4-14H,15-16H2,1-3H3,(H,30,33). The zero-order valence-electron chi connectivity index (χ0n) is 19.2. The highest BCUT2D eigenvalue weighted by Gasteiger charge is 2.16. The van der Waals surface area contributed by atoms with Gasteiger partial charge < -0.3 is 10.1 Å². The number of anilines is 1. The van der Waals surface area contributed by atoms with Gasteiger partial charge in [0.05, 0.1) is 23.6 Å². The Morgan fingerprint density at radius 3 is 2.56 bits per heavy atom. The van der Waals surface area contributed by atoms with E-state index in [0.29, 0.717) is 34.4 Å². The monoisotopic (exact) mass is 493 g/mol. The lowest BCUT2D eigenvalue weighted by Gasteiger charge is -2.11. The van der Waals surface area contributed by atoms with Crippen molar-refractivity contribution in [2.75, 3.05) is 5.32 Å². The minimum atomic E-state index is -0.201. The summed E-state index contributed by atoms with van der Waals surface area (Å²) in [4.78, 5) is 13.0. The molecular formula is C27H25Cl2N3O2. The number of nitrogens with zero attached hydrogens (tertiary/aromatic N) is 2. The van der Waals surface area contributed by atoms with Crippen LogP contribution in [0.4, 0.5) is 5.69 Å². The number of carbonyl (C=O) groups is 1. The van der Waals surface area contributed by atoms with Gasteiger partial charge in [-0.15, -0.1) is 0 Å². The van der Waals surface area contributed by atoms with Crippen LogP contribution in [0, 0.1) is 20.8 Å². The summed E-state index contributed by atoms with van der Waals surface area (Å²) < 4.78 is 7.78. The fourth-order valence-corrected chi connectivity index (χ4v) is 4.17. The molecule has 0 saturated carbocycles. The fraction of sp³-hybridized carbons (Fsp3) is 0.185. The van der Waals surface area contributed by atoms with Gasteiger partial charge >= 0.3 is 0 Å². The summed E-state index contributed by atoms with van der Waals surface area (Å²) in [5.74, 6) is 0.560. The minimum Gasteiger partial charge on any atom is -0.489 e. The molecule has 5 nitrogen and oxygen atoms in total.